The van der Waals surface area contributed by atoms with Crippen molar-refractivity contribution in [2.75, 3.05) is 10.6 Å². The number of nitrogens with two attached hydrogens (primary N) is 1. The van der Waals surface area contributed by atoms with Crippen molar-refractivity contribution in [3.63, 3.8) is 0 Å². The van der Waals surface area contributed by atoms with E-state index in [1.165, 1.54) is 0 Å². The van der Waals surface area contributed by atoms with Gasteiger partial charge in [-0.25, -0.2) is 4.79 Å². The van der Waals surface area contributed by atoms with Crippen LogP contribution in [0.25, 0.3) is 0 Å². The Labute approximate surface area is 147 Å². The van der Waals surface area contributed by atoms with E-state index in [1.807, 2.05) is 30.3 Å². The zero-order valence-corrected chi connectivity index (χ0v) is 14.6. The molecule has 0 unspecified atom stereocenters. The molecule has 4 N–H and O–H groups in total. The fourth-order valence-electron chi connectivity index (χ4n) is 2.20. The SMILES string of the molecule is CC(C)(C)OC(=O)Nc1ccc(N[C@@H](C(N)=O)c2ccccc2)cc1. The van der Waals surface area contributed by atoms with Crippen LogP contribution >= 0.6 is 0 Å². The number of carbonyl (C=O) groups is 2. The molecule has 0 aliphatic carbocycles. The molecule has 0 spiro atoms. The minimum Gasteiger partial charge on any atom is -0.444 e. The first kappa shape index (κ1) is 18.3. The van der Waals surface area contributed by atoms with Gasteiger partial charge in [-0.2, -0.15) is 0 Å². The molecule has 25 heavy (non-hydrogen) atoms. The van der Waals surface area contributed by atoms with Gasteiger partial charge in [-0.1, -0.05) is 30.3 Å². The van der Waals surface area contributed by atoms with Crippen LogP contribution in [0.5, 0.6) is 0 Å². The smallest absolute Gasteiger partial charge is 0.412 e. The summed E-state index contributed by atoms with van der Waals surface area (Å²) in [5.41, 5.74) is 7.02. The molecule has 0 aliphatic rings. The third-order valence-electron chi connectivity index (χ3n) is 3.26. The van der Waals surface area contributed by atoms with Gasteiger partial charge < -0.3 is 15.8 Å². The third-order valence-corrected chi connectivity index (χ3v) is 3.26. The Hall–Kier alpha value is -3.02. The molecule has 6 heteroatoms. The number of carbonyl (C=O) groups excluding carboxylic acids is 2. The standard InChI is InChI=1S/C19H23N3O3/c1-19(2,3)25-18(24)22-15-11-9-14(10-12-15)21-16(17(20)23)13-7-5-4-6-8-13/h4-12,16,21H,1-3H3,(H2,20,23)(H,22,24)/t16-/m1/s1. The summed E-state index contributed by atoms with van der Waals surface area (Å²) in [5, 5.41) is 5.75. The van der Waals surface area contributed by atoms with E-state index in [4.69, 9.17) is 10.5 Å². The van der Waals surface area contributed by atoms with Crippen LogP contribution < -0.4 is 16.4 Å². The summed E-state index contributed by atoms with van der Waals surface area (Å²) in [4.78, 5) is 23.5. The summed E-state index contributed by atoms with van der Waals surface area (Å²) in [5.74, 6) is -0.470. The van der Waals surface area contributed by atoms with Gasteiger partial charge in [-0.05, 0) is 50.6 Å². The van der Waals surface area contributed by atoms with Crippen LogP contribution in [-0.2, 0) is 9.53 Å². The Kier molecular flexibility index (Phi) is 5.64. The van der Waals surface area contributed by atoms with Gasteiger partial charge in [0, 0.05) is 11.4 Å². The second-order valence-electron chi connectivity index (χ2n) is 6.59. The predicted octanol–water partition coefficient (Wildman–Crippen LogP) is 3.67. The minimum atomic E-state index is -0.633. The Morgan fingerprint density at radius 1 is 0.960 bits per heavy atom. The summed E-state index contributed by atoms with van der Waals surface area (Å²) in [6.45, 7) is 5.40. The number of amides is 2. The van der Waals surface area contributed by atoms with Crippen molar-refractivity contribution in [1.82, 2.24) is 0 Å². The average Bonchev–Trinajstić information content (AvgIpc) is 2.53. The number of nitrogens with one attached hydrogen (secondary N) is 2. The number of hydrogen-bond donors (Lipinski definition) is 3. The van der Waals surface area contributed by atoms with Crippen molar-refractivity contribution >= 4 is 23.4 Å². The van der Waals surface area contributed by atoms with Gasteiger partial charge >= 0.3 is 6.09 Å². The number of ether oxygens (including phenoxy) is 1. The fraction of sp³-hybridized carbons (Fsp3) is 0.263. The second-order valence-corrected chi connectivity index (χ2v) is 6.59. The number of primary amides is 1. The molecule has 2 aromatic rings. The lowest BCUT2D eigenvalue weighted by molar-refractivity contribution is -0.118. The minimum absolute atomic E-state index is 0.470. The van der Waals surface area contributed by atoms with E-state index in [9.17, 15) is 9.59 Å². The van der Waals surface area contributed by atoms with Crippen molar-refractivity contribution in [2.45, 2.75) is 32.4 Å². The summed E-state index contributed by atoms with van der Waals surface area (Å²) < 4.78 is 5.20. The van der Waals surface area contributed by atoms with E-state index in [0.717, 1.165) is 5.56 Å². The fourth-order valence-corrected chi connectivity index (χ4v) is 2.20. The summed E-state index contributed by atoms with van der Waals surface area (Å²) in [6.07, 6.45) is -0.521. The molecular formula is C19H23N3O3. The highest BCUT2D eigenvalue weighted by Crippen LogP contribution is 2.21. The van der Waals surface area contributed by atoms with E-state index in [-0.39, 0.29) is 0 Å². The molecule has 0 saturated carbocycles. The van der Waals surface area contributed by atoms with Crippen molar-refractivity contribution < 1.29 is 14.3 Å². The lowest BCUT2D eigenvalue weighted by atomic mass is 10.1. The van der Waals surface area contributed by atoms with Crippen molar-refractivity contribution in [3.05, 3.63) is 60.2 Å². The van der Waals surface area contributed by atoms with Crippen LogP contribution in [-0.4, -0.2) is 17.6 Å². The van der Waals surface area contributed by atoms with Crippen LogP contribution in [0.4, 0.5) is 16.2 Å². The van der Waals surface area contributed by atoms with E-state index in [0.29, 0.717) is 11.4 Å². The van der Waals surface area contributed by atoms with Gasteiger partial charge in [0.25, 0.3) is 0 Å². The van der Waals surface area contributed by atoms with Crippen molar-refractivity contribution in [3.8, 4) is 0 Å². The van der Waals surface area contributed by atoms with E-state index in [1.54, 1.807) is 45.0 Å². The molecule has 2 amide bonds. The molecule has 2 aromatic carbocycles. The summed E-state index contributed by atoms with van der Waals surface area (Å²) in [7, 11) is 0. The van der Waals surface area contributed by atoms with E-state index >= 15 is 0 Å². The second kappa shape index (κ2) is 7.70. The first-order valence-corrected chi connectivity index (χ1v) is 7.95. The molecule has 0 radical (unpaired) electrons. The molecule has 0 heterocycles. The van der Waals surface area contributed by atoms with Gasteiger partial charge in [-0.15, -0.1) is 0 Å². The average molecular weight is 341 g/mol. The monoisotopic (exact) mass is 341 g/mol. The van der Waals surface area contributed by atoms with Crippen LogP contribution in [0.2, 0.25) is 0 Å². The van der Waals surface area contributed by atoms with Crippen LogP contribution in [0.1, 0.15) is 32.4 Å². The molecule has 0 saturated heterocycles. The van der Waals surface area contributed by atoms with Gasteiger partial charge in [-0.3, -0.25) is 10.1 Å². The predicted molar refractivity (Wildman–Crippen MR) is 98.3 cm³/mol. The zero-order chi connectivity index (χ0) is 18.4. The van der Waals surface area contributed by atoms with Gasteiger partial charge in [0.15, 0.2) is 0 Å². The quantitative estimate of drug-likeness (QED) is 0.773. The number of anilines is 2. The van der Waals surface area contributed by atoms with E-state index < -0.39 is 23.6 Å². The highest BCUT2D eigenvalue weighted by Gasteiger charge is 2.18. The molecule has 0 aromatic heterocycles. The first-order valence-electron chi connectivity index (χ1n) is 7.95. The van der Waals surface area contributed by atoms with Crippen LogP contribution in [0, 0.1) is 0 Å². The number of hydrogen-bond acceptors (Lipinski definition) is 4. The molecular weight excluding hydrogens is 318 g/mol. The molecule has 0 fully saturated rings. The molecule has 132 valence electrons. The maximum absolute atomic E-state index is 11.8. The van der Waals surface area contributed by atoms with Gasteiger partial charge in [0.2, 0.25) is 5.91 Å². The number of rotatable bonds is 5. The maximum atomic E-state index is 11.8. The lowest BCUT2D eigenvalue weighted by Crippen LogP contribution is -2.28. The molecule has 0 bridgehead atoms. The zero-order valence-electron chi connectivity index (χ0n) is 14.6. The van der Waals surface area contributed by atoms with Crippen molar-refractivity contribution in [1.29, 1.82) is 0 Å². The Morgan fingerprint density at radius 2 is 1.52 bits per heavy atom. The largest absolute Gasteiger partial charge is 0.444 e. The first-order chi connectivity index (χ1) is 11.7. The van der Waals surface area contributed by atoms with E-state index in [2.05, 4.69) is 10.6 Å². The molecule has 0 aliphatic heterocycles. The normalized spacial score (nSPS) is 12.1. The molecule has 2 rings (SSSR count). The topological polar surface area (TPSA) is 93.4 Å². The Balaban J connectivity index is 2.04. The van der Waals surface area contributed by atoms with Gasteiger partial charge in [0.1, 0.15) is 11.6 Å². The Bertz CT molecular complexity index is 722. The highest BCUT2D eigenvalue weighted by molar-refractivity contribution is 5.86. The Morgan fingerprint density at radius 3 is 2.04 bits per heavy atom. The van der Waals surface area contributed by atoms with Gasteiger partial charge in [0.05, 0.1) is 0 Å². The molecule has 6 nitrogen and oxygen atoms in total. The summed E-state index contributed by atoms with van der Waals surface area (Å²) >= 11 is 0. The number of benzene rings is 2. The summed E-state index contributed by atoms with van der Waals surface area (Å²) in [6, 6.07) is 15.6. The maximum Gasteiger partial charge on any atom is 0.412 e. The third kappa shape index (κ3) is 5.84. The van der Waals surface area contributed by atoms with Crippen LogP contribution in [0.15, 0.2) is 54.6 Å². The molecule has 1 atom stereocenters. The highest BCUT2D eigenvalue weighted by atomic mass is 16.6. The van der Waals surface area contributed by atoms with Crippen molar-refractivity contribution in [2.24, 2.45) is 5.73 Å². The lowest BCUT2D eigenvalue weighted by Gasteiger charge is -2.20. The van der Waals surface area contributed by atoms with Crippen LogP contribution in [0.3, 0.4) is 0 Å².